The molecule has 0 atom stereocenters. The lowest BCUT2D eigenvalue weighted by Gasteiger charge is -2.20. The number of aromatic nitrogens is 1. The Morgan fingerprint density at radius 1 is 1.53 bits per heavy atom. The van der Waals surface area contributed by atoms with E-state index in [9.17, 15) is 4.79 Å². The number of nitrogens with zero attached hydrogens (tertiary/aromatic N) is 2. The van der Waals surface area contributed by atoms with Crippen LogP contribution in [-0.4, -0.2) is 17.4 Å². The van der Waals surface area contributed by atoms with Crippen molar-refractivity contribution < 1.29 is 4.79 Å². The van der Waals surface area contributed by atoms with Gasteiger partial charge in [0.15, 0.2) is 0 Å². The molecule has 0 saturated heterocycles. The first-order chi connectivity index (χ1) is 8.22. The van der Waals surface area contributed by atoms with Crippen LogP contribution in [0, 0.1) is 0 Å². The third kappa shape index (κ3) is 2.45. The summed E-state index contributed by atoms with van der Waals surface area (Å²) in [5.74, 6) is -0.0411. The number of amides is 1. The van der Waals surface area contributed by atoms with Gasteiger partial charge in [-0.1, -0.05) is 6.07 Å². The molecule has 1 amide bonds. The molecule has 1 aromatic carbocycles. The predicted molar refractivity (Wildman–Crippen MR) is 70.3 cm³/mol. The van der Waals surface area contributed by atoms with Crippen molar-refractivity contribution in [2.45, 2.75) is 6.92 Å². The van der Waals surface area contributed by atoms with Gasteiger partial charge < -0.3 is 10.6 Å². The van der Waals surface area contributed by atoms with Crippen LogP contribution in [0.3, 0.4) is 0 Å². The molecule has 0 aliphatic carbocycles. The van der Waals surface area contributed by atoms with Crippen LogP contribution in [-0.2, 0) is 0 Å². The zero-order valence-corrected chi connectivity index (χ0v) is 10.3. The van der Waals surface area contributed by atoms with Gasteiger partial charge in [-0.25, -0.2) is 0 Å². The summed E-state index contributed by atoms with van der Waals surface area (Å²) in [6.07, 6.45) is 1.59. The third-order valence-electron chi connectivity index (χ3n) is 2.39. The maximum Gasteiger partial charge on any atom is 0.269 e. The van der Waals surface area contributed by atoms with E-state index in [1.54, 1.807) is 28.7 Å². The van der Waals surface area contributed by atoms with E-state index in [4.69, 9.17) is 5.73 Å². The van der Waals surface area contributed by atoms with Crippen molar-refractivity contribution in [2.75, 3.05) is 17.2 Å². The van der Waals surface area contributed by atoms with Gasteiger partial charge in [0.2, 0.25) is 0 Å². The highest BCUT2D eigenvalue weighted by molar-refractivity contribution is 7.11. The molecule has 2 rings (SSSR count). The summed E-state index contributed by atoms with van der Waals surface area (Å²) in [5.41, 5.74) is 8.84. The number of nitrogens with two attached hydrogens (primary N) is 1. The zero-order chi connectivity index (χ0) is 12.3. The molecule has 2 N–H and O–H groups in total. The highest BCUT2D eigenvalue weighted by atomic mass is 32.1. The fourth-order valence-corrected chi connectivity index (χ4v) is 2.16. The van der Waals surface area contributed by atoms with Crippen molar-refractivity contribution in [1.29, 1.82) is 0 Å². The minimum absolute atomic E-state index is 0.0411. The number of hydrogen-bond acceptors (Lipinski definition) is 4. The summed E-state index contributed by atoms with van der Waals surface area (Å²) in [6.45, 7) is 2.53. The molecule has 0 bridgehead atoms. The average molecular weight is 247 g/mol. The quantitative estimate of drug-likeness (QED) is 0.847. The standard InChI is InChI=1S/C12H13N3OS/c1-2-15(10-5-3-4-9(13)6-10)12(16)11-7-14-8-17-11/h3-8H,2,13H2,1H3. The van der Waals surface area contributed by atoms with E-state index < -0.39 is 0 Å². The Bertz CT molecular complexity index is 510. The highest BCUT2D eigenvalue weighted by Crippen LogP contribution is 2.20. The Balaban J connectivity index is 2.31. The molecule has 0 spiro atoms. The molecule has 1 aromatic heterocycles. The Kier molecular flexibility index (Phi) is 3.39. The van der Waals surface area contributed by atoms with Crippen LogP contribution in [0.15, 0.2) is 36.0 Å². The van der Waals surface area contributed by atoms with Crippen LogP contribution in [0.4, 0.5) is 11.4 Å². The topological polar surface area (TPSA) is 59.2 Å². The number of carbonyl (C=O) groups excluding carboxylic acids is 1. The van der Waals surface area contributed by atoms with Crippen molar-refractivity contribution >= 4 is 28.6 Å². The number of thiazole rings is 1. The summed E-state index contributed by atoms with van der Waals surface area (Å²) in [5, 5.41) is 0. The molecule has 0 radical (unpaired) electrons. The fourth-order valence-electron chi connectivity index (χ4n) is 1.59. The van der Waals surface area contributed by atoms with E-state index in [2.05, 4.69) is 4.98 Å². The van der Waals surface area contributed by atoms with Crippen LogP contribution in [0.5, 0.6) is 0 Å². The summed E-state index contributed by atoms with van der Waals surface area (Å²) in [6, 6.07) is 7.31. The highest BCUT2D eigenvalue weighted by Gasteiger charge is 2.17. The van der Waals surface area contributed by atoms with Crippen LogP contribution in [0.2, 0.25) is 0 Å². The van der Waals surface area contributed by atoms with E-state index in [0.717, 1.165) is 5.69 Å². The van der Waals surface area contributed by atoms with Gasteiger partial charge in [0.25, 0.3) is 5.91 Å². The smallest absolute Gasteiger partial charge is 0.269 e. The van der Waals surface area contributed by atoms with E-state index >= 15 is 0 Å². The van der Waals surface area contributed by atoms with Crippen molar-refractivity contribution in [3.63, 3.8) is 0 Å². The molecule has 5 heteroatoms. The van der Waals surface area contributed by atoms with E-state index in [0.29, 0.717) is 17.1 Å². The molecule has 17 heavy (non-hydrogen) atoms. The normalized spacial score (nSPS) is 10.2. The van der Waals surface area contributed by atoms with Gasteiger partial charge in [-0.3, -0.25) is 9.78 Å². The number of hydrogen-bond donors (Lipinski definition) is 1. The van der Waals surface area contributed by atoms with Gasteiger partial charge in [0.05, 0.1) is 11.7 Å². The first-order valence-corrected chi connectivity index (χ1v) is 6.16. The van der Waals surface area contributed by atoms with Gasteiger partial charge in [-0.2, -0.15) is 0 Å². The number of benzene rings is 1. The van der Waals surface area contributed by atoms with Crippen molar-refractivity contribution in [3.8, 4) is 0 Å². The Morgan fingerprint density at radius 2 is 2.35 bits per heavy atom. The van der Waals surface area contributed by atoms with Gasteiger partial charge in [-0.05, 0) is 25.1 Å². The third-order valence-corrected chi connectivity index (χ3v) is 3.15. The molecule has 1 heterocycles. The van der Waals surface area contributed by atoms with E-state index in [-0.39, 0.29) is 5.91 Å². The van der Waals surface area contributed by atoms with Gasteiger partial charge >= 0.3 is 0 Å². The predicted octanol–water partition coefficient (Wildman–Crippen LogP) is 2.39. The molecule has 0 aliphatic heterocycles. The maximum atomic E-state index is 12.2. The Hall–Kier alpha value is -1.88. The van der Waals surface area contributed by atoms with Gasteiger partial charge in [-0.15, -0.1) is 11.3 Å². The van der Waals surface area contributed by atoms with Crippen molar-refractivity contribution in [3.05, 3.63) is 40.8 Å². The molecule has 0 fully saturated rings. The van der Waals surface area contributed by atoms with Crippen molar-refractivity contribution in [2.24, 2.45) is 0 Å². The lowest BCUT2D eigenvalue weighted by molar-refractivity contribution is 0.0992. The number of anilines is 2. The zero-order valence-electron chi connectivity index (χ0n) is 9.46. The van der Waals surface area contributed by atoms with Crippen LogP contribution >= 0.6 is 11.3 Å². The Labute approximate surface area is 104 Å². The van der Waals surface area contributed by atoms with E-state index in [1.165, 1.54) is 11.3 Å². The molecule has 88 valence electrons. The van der Waals surface area contributed by atoms with Crippen LogP contribution in [0.1, 0.15) is 16.6 Å². The molecule has 0 saturated carbocycles. The second-order valence-corrected chi connectivity index (χ2v) is 4.40. The summed E-state index contributed by atoms with van der Waals surface area (Å²) in [7, 11) is 0. The minimum Gasteiger partial charge on any atom is -0.399 e. The van der Waals surface area contributed by atoms with Crippen LogP contribution in [0.25, 0.3) is 0 Å². The molecule has 0 aliphatic rings. The number of nitrogen functional groups attached to an aromatic ring is 1. The molecule has 4 nitrogen and oxygen atoms in total. The lowest BCUT2D eigenvalue weighted by atomic mass is 10.2. The largest absolute Gasteiger partial charge is 0.399 e. The fraction of sp³-hybridized carbons (Fsp3) is 0.167. The monoisotopic (exact) mass is 247 g/mol. The van der Waals surface area contributed by atoms with Crippen molar-refractivity contribution in [1.82, 2.24) is 4.98 Å². The second kappa shape index (κ2) is 4.97. The van der Waals surface area contributed by atoms with E-state index in [1.807, 2.05) is 19.1 Å². The lowest BCUT2D eigenvalue weighted by Crippen LogP contribution is -2.30. The number of rotatable bonds is 3. The molecular weight excluding hydrogens is 234 g/mol. The summed E-state index contributed by atoms with van der Waals surface area (Å²) in [4.78, 5) is 18.4. The first kappa shape index (κ1) is 11.6. The minimum atomic E-state index is -0.0411. The van der Waals surface area contributed by atoms with Gasteiger partial charge in [0, 0.05) is 17.9 Å². The average Bonchev–Trinajstić information content (AvgIpc) is 2.83. The second-order valence-electron chi connectivity index (χ2n) is 3.51. The molecular formula is C12H13N3OS. The van der Waals surface area contributed by atoms with Crippen LogP contribution < -0.4 is 10.6 Å². The molecule has 0 unspecified atom stereocenters. The summed E-state index contributed by atoms with van der Waals surface area (Å²) < 4.78 is 0. The SMILES string of the molecule is CCN(C(=O)c1cncs1)c1cccc(N)c1. The molecule has 2 aromatic rings. The Morgan fingerprint density at radius 3 is 2.94 bits per heavy atom. The number of carbonyl (C=O) groups is 1. The van der Waals surface area contributed by atoms with Gasteiger partial charge in [0.1, 0.15) is 4.88 Å². The first-order valence-electron chi connectivity index (χ1n) is 5.28. The summed E-state index contributed by atoms with van der Waals surface area (Å²) >= 11 is 1.34. The maximum absolute atomic E-state index is 12.2.